The van der Waals surface area contributed by atoms with Crippen molar-refractivity contribution in [1.29, 1.82) is 0 Å². The molecule has 0 spiro atoms. The van der Waals surface area contributed by atoms with Crippen molar-refractivity contribution < 1.29 is 22.8 Å². The van der Waals surface area contributed by atoms with Crippen molar-refractivity contribution in [2.24, 2.45) is 5.92 Å². The summed E-state index contributed by atoms with van der Waals surface area (Å²) in [5.41, 5.74) is 0.490. The number of amides is 3. The van der Waals surface area contributed by atoms with E-state index in [1.165, 1.54) is 43.1 Å². The number of benzene rings is 1. The minimum absolute atomic E-state index is 0.0354. The molecule has 2 N–H and O–H groups in total. The fourth-order valence-electron chi connectivity index (χ4n) is 2.96. The topological polar surface area (TPSA) is 116 Å². The van der Waals surface area contributed by atoms with Crippen LogP contribution in [0.4, 0.5) is 5.69 Å². The summed E-state index contributed by atoms with van der Waals surface area (Å²) in [4.78, 5) is 36.7. The predicted octanol–water partition coefficient (Wildman–Crippen LogP) is 1.03. The van der Waals surface area contributed by atoms with Gasteiger partial charge in [-0.1, -0.05) is 6.42 Å². The molecule has 0 atom stereocenters. The molecule has 9 nitrogen and oxygen atoms in total. The molecule has 1 aliphatic carbocycles. The van der Waals surface area contributed by atoms with Gasteiger partial charge in [0, 0.05) is 45.7 Å². The van der Waals surface area contributed by atoms with Gasteiger partial charge in [-0.2, -0.15) is 4.31 Å². The highest BCUT2D eigenvalue weighted by Crippen LogP contribution is 2.26. The van der Waals surface area contributed by atoms with E-state index in [1.807, 2.05) is 0 Å². The smallest absolute Gasteiger partial charge is 0.243 e. The summed E-state index contributed by atoms with van der Waals surface area (Å²) < 4.78 is 26.4. The second-order valence-electron chi connectivity index (χ2n) is 7.55. The molecule has 1 fully saturated rings. The first-order valence-electron chi connectivity index (χ1n) is 9.97. The first-order chi connectivity index (χ1) is 14.1. The highest BCUT2D eigenvalue weighted by molar-refractivity contribution is 7.89. The van der Waals surface area contributed by atoms with Gasteiger partial charge in [-0.3, -0.25) is 14.4 Å². The lowest BCUT2D eigenvalue weighted by atomic mass is 9.85. The fraction of sp³-hybridized carbons (Fsp3) is 0.550. The van der Waals surface area contributed by atoms with Crippen molar-refractivity contribution in [2.75, 3.05) is 39.0 Å². The van der Waals surface area contributed by atoms with Gasteiger partial charge in [0.2, 0.25) is 27.7 Å². The Balaban J connectivity index is 1.80. The average molecular weight is 439 g/mol. The molecule has 10 heteroatoms. The van der Waals surface area contributed by atoms with Crippen molar-refractivity contribution in [3.63, 3.8) is 0 Å². The van der Waals surface area contributed by atoms with Crippen LogP contribution in [-0.2, 0) is 24.4 Å². The number of anilines is 1. The molecule has 30 heavy (non-hydrogen) atoms. The van der Waals surface area contributed by atoms with Crippen LogP contribution < -0.4 is 10.6 Å². The van der Waals surface area contributed by atoms with Gasteiger partial charge in [0.1, 0.15) is 0 Å². The van der Waals surface area contributed by atoms with Crippen LogP contribution in [0, 0.1) is 5.92 Å². The van der Waals surface area contributed by atoms with Crippen LogP contribution >= 0.6 is 0 Å². The summed E-state index contributed by atoms with van der Waals surface area (Å²) in [5.74, 6) is -0.374. The Kier molecular flexibility index (Phi) is 8.36. The second kappa shape index (κ2) is 10.5. The van der Waals surface area contributed by atoms with Crippen molar-refractivity contribution in [2.45, 2.75) is 37.5 Å². The van der Waals surface area contributed by atoms with Gasteiger partial charge in [0.15, 0.2) is 0 Å². The summed E-state index contributed by atoms with van der Waals surface area (Å²) in [6.45, 7) is 1.98. The van der Waals surface area contributed by atoms with Crippen molar-refractivity contribution in [3.8, 4) is 0 Å². The molecule has 0 radical (unpaired) electrons. The molecule has 1 aromatic rings. The Morgan fingerprint density at radius 2 is 1.73 bits per heavy atom. The highest BCUT2D eigenvalue weighted by Gasteiger charge is 2.25. The lowest BCUT2D eigenvalue weighted by Crippen LogP contribution is -2.40. The van der Waals surface area contributed by atoms with E-state index < -0.39 is 10.0 Å². The SMILES string of the molecule is CC(=O)Nc1ccc(S(=O)(=O)N(C)CC(=O)N(C)CCCNC(=O)C2CCC2)cc1. The van der Waals surface area contributed by atoms with E-state index in [1.54, 1.807) is 7.05 Å². The standard InChI is InChI=1S/C20H30N4O5S/c1-15(25)22-17-8-10-18(11-9-17)30(28,29)24(3)14-19(26)23(2)13-5-12-21-20(27)16-6-4-7-16/h8-11,16H,4-7,12-14H2,1-3H3,(H,21,27)(H,22,25). The van der Waals surface area contributed by atoms with Gasteiger partial charge in [0.05, 0.1) is 11.4 Å². The normalized spacial score (nSPS) is 14.1. The quantitative estimate of drug-likeness (QED) is 0.530. The van der Waals surface area contributed by atoms with Gasteiger partial charge in [-0.05, 0) is 43.5 Å². The molecule has 0 unspecified atom stereocenters. The Morgan fingerprint density at radius 3 is 2.27 bits per heavy atom. The molecule has 0 bridgehead atoms. The molecule has 1 saturated carbocycles. The molecule has 0 aliphatic heterocycles. The molecule has 1 aliphatic rings. The Hall–Kier alpha value is -2.46. The van der Waals surface area contributed by atoms with E-state index in [-0.39, 0.29) is 35.1 Å². The number of carbonyl (C=O) groups excluding carboxylic acids is 3. The zero-order valence-electron chi connectivity index (χ0n) is 17.7. The zero-order valence-corrected chi connectivity index (χ0v) is 18.5. The number of hydrogen-bond donors (Lipinski definition) is 2. The molecule has 2 rings (SSSR count). The third-order valence-electron chi connectivity index (χ3n) is 5.11. The number of sulfonamides is 1. The monoisotopic (exact) mass is 438 g/mol. The third-order valence-corrected chi connectivity index (χ3v) is 6.93. The molecular formula is C20H30N4O5S. The maximum Gasteiger partial charge on any atom is 0.243 e. The largest absolute Gasteiger partial charge is 0.356 e. The Morgan fingerprint density at radius 1 is 1.10 bits per heavy atom. The Bertz CT molecular complexity index is 866. The van der Waals surface area contributed by atoms with Crippen LogP contribution in [0.3, 0.4) is 0 Å². The first-order valence-corrected chi connectivity index (χ1v) is 11.4. The maximum atomic E-state index is 12.7. The van der Waals surface area contributed by atoms with Gasteiger partial charge < -0.3 is 15.5 Å². The van der Waals surface area contributed by atoms with Crippen LogP contribution in [0.1, 0.15) is 32.6 Å². The Labute approximate surface area is 177 Å². The summed E-state index contributed by atoms with van der Waals surface area (Å²) in [7, 11) is -0.880. The summed E-state index contributed by atoms with van der Waals surface area (Å²) >= 11 is 0. The van der Waals surface area contributed by atoms with Crippen molar-refractivity contribution in [1.82, 2.24) is 14.5 Å². The third kappa shape index (κ3) is 6.53. The summed E-state index contributed by atoms with van der Waals surface area (Å²) in [5, 5.41) is 5.44. The van der Waals surface area contributed by atoms with Gasteiger partial charge in [0.25, 0.3) is 0 Å². The lowest BCUT2D eigenvalue weighted by molar-refractivity contribution is -0.130. The average Bonchev–Trinajstić information content (AvgIpc) is 2.63. The van der Waals surface area contributed by atoms with Crippen LogP contribution in [0.25, 0.3) is 0 Å². The number of carbonyl (C=O) groups is 3. The van der Waals surface area contributed by atoms with E-state index in [0.717, 1.165) is 23.6 Å². The van der Waals surface area contributed by atoms with Crippen LogP contribution in [0.2, 0.25) is 0 Å². The number of hydrogen-bond acceptors (Lipinski definition) is 5. The first kappa shape index (κ1) is 23.8. The van der Waals surface area contributed by atoms with Crippen molar-refractivity contribution in [3.05, 3.63) is 24.3 Å². The van der Waals surface area contributed by atoms with Crippen LogP contribution in [0.5, 0.6) is 0 Å². The number of nitrogens with zero attached hydrogens (tertiary/aromatic N) is 2. The minimum Gasteiger partial charge on any atom is -0.356 e. The van der Waals surface area contributed by atoms with Crippen LogP contribution in [-0.4, -0.2) is 69.1 Å². The zero-order chi connectivity index (χ0) is 22.3. The second-order valence-corrected chi connectivity index (χ2v) is 9.60. The van der Waals surface area contributed by atoms with E-state index in [0.29, 0.717) is 25.2 Å². The number of rotatable bonds is 10. The van der Waals surface area contributed by atoms with Gasteiger partial charge >= 0.3 is 0 Å². The molecule has 0 aromatic heterocycles. The van der Waals surface area contributed by atoms with E-state index in [2.05, 4.69) is 10.6 Å². The minimum atomic E-state index is -3.84. The molecule has 0 heterocycles. The van der Waals surface area contributed by atoms with Crippen molar-refractivity contribution >= 4 is 33.4 Å². The predicted molar refractivity (Wildman–Crippen MR) is 113 cm³/mol. The number of nitrogens with one attached hydrogen (secondary N) is 2. The number of likely N-dealkylation sites (N-methyl/N-ethyl adjacent to an activating group) is 2. The summed E-state index contributed by atoms with van der Waals surface area (Å²) in [6, 6.07) is 5.76. The molecular weight excluding hydrogens is 408 g/mol. The fourth-order valence-corrected chi connectivity index (χ4v) is 4.08. The molecule has 3 amide bonds. The van der Waals surface area contributed by atoms with E-state index in [4.69, 9.17) is 0 Å². The maximum absolute atomic E-state index is 12.7. The molecule has 0 saturated heterocycles. The van der Waals surface area contributed by atoms with Gasteiger partial charge in [-0.25, -0.2) is 8.42 Å². The van der Waals surface area contributed by atoms with Gasteiger partial charge in [-0.15, -0.1) is 0 Å². The van der Waals surface area contributed by atoms with E-state index >= 15 is 0 Å². The van der Waals surface area contributed by atoms with E-state index in [9.17, 15) is 22.8 Å². The molecule has 166 valence electrons. The highest BCUT2D eigenvalue weighted by atomic mass is 32.2. The summed E-state index contributed by atoms with van der Waals surface area (Å²) in [6.07, 6.45) is 3.59. The van der Waals surface area contributed by atoms with Crippen LogP contribution in [0.15, 0.2) is 29.2 Å². The molecule has 1 aromatic carbocycles. The lowest BCUT2D eigenvalue weighted by Gasteiger charge is -2.24.